The fraction of sp³-hybridized carbons (Fsp3) is 0.600. The van der Waals surface area contributed by atoms with Crippen LogP contribution in [-0.2, 0) is 10.2 Å². The van der Waals surface area contributed by atoms with E-state index in [4.69, 9.17) is 5.73 Å². The van der Waals surface area contributed by atoms with Crippen molar-refractivity contribution in [3.8, 4) is 0 Å². The third-order valence-corrected chi connectivity index (χ3v) is 6.03. The van der Waals surface area contributed by atoms with Gasteiger partial charge in [-0.3, -0.25) is 0 Å². The highest BCUT2D eigenvalue weighted by atomic mass is 32.2. The van der Waals surface area contributed by atoms with Crippen molar-refractivity contribution in [2.75, 3.05) is 26.7 Å². The summed E-state index contributed by atoms with van der Waals surface area (Å²) in [6, 6.07) is 9.76. The second-order valence-corrected chi connectivity index (χ2v) is 7.72. The van der Waals surface area contributed by atoms with E-state index in [9.17, 15) is 8.42 Å². The molecular formula is C15H25N3O2S. The molecule has 0 aliphatic carbocycles. The Bertz CT molecular complexity index is 547. The molecule has 0 saturated carbocycles. The molecule has 1 aromatic carbocycles. The lowest BCUT2D eigenvalue weighted by atomic mass is 9.95. The van der Waals surface area contributed by atoms with Crippen LogP contribution in [0.3, 0.4) is 0 Å². The van der Waals surface area contributed by atoms with Crippen LogP contribution >= 0.6 is 0 Å². The van der Waals surface area contributed by atoms with E-state index >= 15 is 0 Å². The highest BCUT2D eigenvalue weighted by Crippen LogP contribution is 2.28. The molecule has 1 fully saturated rings. The first kappa shape index (κ1) is 16.4. The number of hydrogen-bond acceptors (Lipinski definition) is 3. The van der Waals surface area contributed by atoms with Crippen molar-refractivity contribution in [1.29, 1.82) is 0 Å². The third-order valence-electron chi connectivity index (χ3n) is 4.11. The zero-order chi connectivity index (χ0) is 15.5. The molecule has 2 N–H and O–H groups in total. The molecule has 5 nitrogen and oxygen atoms in total. The molecule has 1 aliphatic rings. The Morgan fingerprint density at radius 1 is 1.29 bits per heavy atom. The normalized spacial score (nSPS) is 23.8. The van der Waals surface area contributed by atoms with Gasteiger partial charge in [-0.15, -0.1) is 0 Å². The zero-order valence-corrected chi connectivity index (χ0v) is 13.6. The molecule has 0 bridgehead atoms. The monoisotopic (exact) mass is 311 g/mol. The van der Waals surface area contributed by atoms with Gasteiger partial charge in [0.05, 0.1) is 0 Å². The summed E-state index contributed by atoms with van der Waals surface area (Å²) < 4.78 is 28.1. The van der Waals surface area contributed by atoms with E-state index in [1.54, 1.807) is 7.05 Å². The average molecular weight is 311 g/mol. The summed E-state index contributed by atoms with van der Waals surface area (Å²) in [5, 5.41) is 0. The van der Waals surface area contributed by atoms with Crippen LogP contribution in [0.2, 0.25) is 0 Å². The van der Waals surface area contributed by atoms with Gasteiger partial charge in [-0.25, -0.2) is 0 Å². The predicted octanol–water partition coefficient (Wildman–Crippen LogP) is 1.39. The lowest BCUT2D eigenvalue weighted by Crippen LogP contribution is -2.42. The van der Waals surface area contributed by atoms with Crippen molar-refractivity contribution in [3.05, 3.63) is 35.9 Å². The van der Waals surface area contributed by atoms with Gasteiger partial charge in [0.15, 0.2) is 0 Å². The SMILES string of the molecule is CCCCN(C)S(=O)(=O)N1C[C@@H](N)[C@H](c2ccccc2)C1. The lowest BCUT2D eigenvalue weighted by molar-refractivity contribution is 0.387. The van der Waals surface area contributed by atoms with Crippen molar-refractivity contribution in [2.24, 2.45) is 5.73 Å². The third kappa shape index (κ3) is 3.63. The minimum atomic E-state index is -3.40. The molecule has 0 amide bonds. The largest absolute Gasteiger partial charge is 0.326 e. The maximum absolute atomic E-state index is 12.6. The number of hydrogen-bond donors (Lipinski definition) is 1. The Balaban J connectivity index is 2.10. The molecule has 1 heterocycles. The number of unbranched alkanes of at least 4 members (excludes halogenated alkanes) is 1. The van der Waals surface area contributed by atoms with E-state index in [1.807, 2.05) is 30.3 Å². The number of nitrogens with two attached hydrogens (primary N) is 1. The quantitative estimate of drug-likeness (QED) is 0.863. The summed E-state index contributed by atoms with van der Waals surface area (Å²) in [5.41, 5.74) is 7.28. The van der Waals surface area contributed by atoms with Gasteiger partial charge in [0.1, 0.15) is 0 Å². The molecule has 2 atom stereocenters. The number of rotatable bonds is 6. The molecule has 0 spiro atoms. The molecular weight excluding hydrogens is 286 g/mol. The van der Waals surface area contributed by atoms with Gasteiger partial charge in [-0.1, -0.05) is 43.7 Å². The topological polar surface area (TPSA) is 66.6 Å². The van der Waals surface area contributed by atoms with Crippen molar-refractivity contribution < 1.29 is 8.42 Å². The summed E-state index contributed by atoms with van der Waals surface area (Å²) in [6.45, 7) is 3.46. The van der Waals surface area contributed by atoms with Crippen LogP contribution in [0.1, 0.15) is 31.2 Å². The van der Waals surface area contributed by atoms with E-state index in [-0.39, 0.29) is 12.0 Å². The van der Waals surface area contributed by atoms with E-state index in [0.29, 0.717) is 19.6 Å². The Morgan fingerprint density at radius 3 is 2.57 bits per heavy atom. The van der Waals surface area contributed by atoms with Crippen molar-refractivity contribution >= 4 is 10.2 Å². The van der Waals surface area contributed by atoms with Crippen molar-refractivity contribution in [3.63, 3.8) is 0 Å². The van der Waals surface area contributed by atoms with Crippen LogP contribution in [0, 0.1) is 0 Å². The second kappa shape index (κ2) is 6.87. The number of nitrogens with zero attached hydrogens (tertiary/aromatic N) is 2. The lowest BCUT2D eigenvalue weighted by Gasteiger charge is -2.24. The van der Waals surface area contributed by atoms with E-state index < -0.39 is 10.2 Å². The summed E-state index contributed by atoms with van der Waals surface area (Å²) in [6.07, 6.45) is 1.85. The van der Waals surface area contributed by atoms with Gasteiger partial charge in [0.25, 0.3) is 10.2 Å². The Kier molecular flexibility index (Phi) is 5.37. The predicted molar refractivity (Wildman–Crippen MR) is 85.2 cm³/mol. The molecule has 1 aromatic rings. The summed E-state index contributed by atoms with van der Waals surface area (Å²) >= 11 is 0. The molecule has 2 rings (SSSR count). The average Bonchev–Trinajstić information content (AvgIpc) is 2.88. The highest BCUT2D eigenvalue weighted by molar-refractivity contribution is 7.86. The standard InChI is InChI=1S/C15H25N3O2S/c1-3-4-10-17(2)21(19,20)18-11-14(15(16)12-18)13-8-6-5-7-9-13/h5-9,14-15H,3-4,10-12,16H2,1-2H3/t14-,15+/m0/s1. The molecule has 1 aliphatic heterocycles. The number of benzene rings is 1. The first-order valence-corrected chi connectivity index (χ1v) is 8.88. The first-order valence-electron chi connectivity index (χ1n) is 7.48. The van der Waals surface area contributed by atoms with Crippen LogP contribution in [0.15, 0.2) is 30.3 Å². The second-order valence-electron chi connectivity index (χ2n) is 5.68. The summed E-state index contributed by atoms with van der Waals surface area (Å²) in [4.78, 5) is 0. The minimum absolute atomic E-state index is 0.0700. The summed E-state index contributed by atoms with van der Waals surface area (Å²) in [5.74, 6) is 0.0700. The first-order chi connectivity index (χ1) is 9.96. The molecule has 0 unspecified atom stereocenters. The van der Waals surface area contributed by atoms with Gasteiger partial charge < -0.3 is 5.73 Å². The van der Waals surface area contributed by atoms with Gasteiger partial charge in [-0.2, -0.15) is 17.0 Å². The zero-order valence-electron chi connectivity index (χ0n) is 12.8. The molecule has 118 valence electrons. The van der Waals surface area contributed by atoms with Crippen molar-refractivity contribution in [1.82, 2.24) is 8.61 Å². The molecule has 0 radical (unpaired) electrons. The van der Waals surface area contributed by atoms with E-state index in [0.717, 1.165) is 18.4 Å². The van der Waals surface area contributed by atoms with Gasteiger partial charge in [0, 0.05) is 38.6 Å². The van der Waals surface area contributed by atoms with Crippen LogP contribution < -0.4 is 5.73 Å². The van der Waals surface area contributed by atoms with Gasteiger partial charge in [0.2, 0.25) is 0 Å². The Hall–Kier alpha value is -0.950. The van der Waals surface area contributed by atoms with E-state index in [1.165, 1.54) is 8.61 Å². The smallest absolute Gasteiger partial charge is 0.281 e. The summed E-state index contributed by atoms with van der Waals surface area (Å²) in [7, 11) is -1.75. The van der Waals surface area contributed by atoms with Gasteiger partial charge >= 0.3 is 0 Å². The minimum Gasteiger partial charge on any atom is -0.326 e. The molecule has 6 heteroatoms. The highest BCUT2D eigenvalue weighted by Gasteiger charge is 2.39. The van der Waals surface area contributed by atoms with Crippen LogP contribution in [-0.4, -0.2) is 49.8 Å². The van der Waals surface area contributed by atoms with Crippen LogP contribution in [0.5, 0.6) is 0 Å². The molecule has 0 aromatic heterocycles. The Morgan fingerprint density at radius 2 is 1.95 bits per heavy atom. The van der Waals surface area contributed by atoms with Crippen molar-refractivity contribution in [2.45, 2.75) is 31.7 Å². The maximum Gasteiger partial charge on any atom is 0.281 e. The fourth-order valence-electron chi connectivity index (χ4n) is 2.73. The van der Waals surface area contributed by atoms with Gasteiger partial charge in [-0.05, 0) is 12.0 Å². The molecule has 21 heavy (non-hydrogen) atoms. The molecule has 1 saturated heterocycles. The Labute approximate surface area is 127 Å². The van der Waals surface area contributed by atoms with Crippen LogP contribution in [0.4, 0.5) is 0 Å². The fourth-order valence-corrected chi connectivity index (χ4v) is 4.19. The van der Waals surface area contributed by atoms with Crippen LogP contribution in [0.25, 0.3) is 0 Å². The maximum atomic E-state index is 12.6. The van der Waals surface area contributed by atoms with E-state index in [2.05, 4.69) is 6.92 Å².